The van der Waals surface area contributed by atoms with Crippen molar-refractivity contribution in [2.45, 2.75) is 6.18 Å². The molecule has 0 aromatic rings. The van der Waals surface area contributed by atoms with Crippen molar-refractivity contribution in [2.24, 2.45) is 0 Å². The van der Waals surface area contributed by atoms with Crippen LogP contribution in [0.25, 0.3) is 0 Å². The molecule has 0 bridgehead atoms. The van der Waals surface area contributed by atoms with E-state index in [-0.39, 0.29) is 0 Å². The van der Waals surface area contributed by atoms with Crippen molar-refractivity contribution in [3.8, 4) is 0 Å². The van der Waals surface area contributed by atoms with Gasteiger partial charge in [-0.25, -0.2) is 4.79 Å². The molecule has 1 heterocycles. The van der Waals surface area contributed by atoms with E-state index < -0.39 is 24.3 Å². The van der Waals surface area contributed by atoms with Crippen LogP contribution < -0.4 is 0 Å². The zero-order valence-electron chi connectivity index (χ0n) is 4.73. The van der Waals surface area contributed by atoms with Crippen LogP contribution in [-0.2, 0) is 9.53 Å². The van der Waals surface area contributed by atoms with Crippen molar-refractivity contribution in [3.05, 3.63) is 11.6 Å². The van der Waals surface area contributed by atoms with Gasteiger partial charge in [-0.1, -0.05) is 0 Å². The van der Waals surface area contributed by atoms with Gasteiger partial charge in [-0.2, -0.15) is 13.2 Å². The Morgan fingerprint density at radius 2 is 2.10 bits per heavy atom. The van der Waals surface area contributed by atoms with Crippen LogP contribution >= 0.6 is 0 Å². The predicted octanol–water partition coefficient (Wildman–Crippen LogP) is 1.03. The molecule has 0 N–H and O–H groups in total. The van der Waals surface area contributed by atoms with Gasteiger partial charge in [0.25, 0.3) is 0 Å². The Kier molecular flexibility index (Phi) is 1.42. The quantitative estimate of drug-likeness (QED) is 0.484. The fourth-order valence-corrected chi connectivity index (χ4v) is 0.538. The summed E-state index contributed by atoms with van der Waals surface area (Å²) in [5, 5.41) is 0. The second kappa shape index (κ2) is 2.00. The largest absolute Gasteiger partial charge is 0.458 e. The first-order valence-corrected chi connectivity index (χ1v) is 2.44. The second-order valence-electron chi connectivity index (χ2n) is 1.78. The molecule has 0 amide bonds. The molecule has 0 radical (unpaired) electrons. The van der Waals surface area contributed by atoms with Gasteiger partial charge in [-0.15, -0.1) is 0 Å². The standard InChI is InChI=1S/C5H3F3O2/c6-5(7,8)3-1-4(9)10-2-3/h1H,2H2. The normalized spacial score (nSPS) is 18.7. The highest BCUT2D eigenvalue weighted by atomic mass is 19.4. The highest BCUT2D eigenvalue weighted by Gasteiger charge is 2.37. The molecule has 2 nitrogen and oxygen atoms in total. The summed E-state index contributed by atoms with van der Waals surface area (Å²) in [4.78, 5) is 10.1. The zero-order chi connectivity index (χ0) is 7.78. The van der Waals surface area contributed by atoms with Crippen LogP contribution in [0.15, 0.2) is 11.6 Å². The van der Waals surface area contributed by atoms with Gasteiger partial charge in [0.05, 0.1) is 5.57 Å². The van der Waals surface area contributed by atoms with Crippen LogP contribution in [0.2, 0.25) is 0 Å². The van der Waals surface area contributed by atoms with E-state index in [0.29, 0.717) is 6.08 Å². The molecule has 10 heavy (non-hydrogen) atoms. The van der Waals surface area contributed by atoms with E-state index in [1.807, 2.05) is 0 Å². The number of hydrogen-bond acceptors (Lipinski definition) is 2. The molecule has 0 atom stereocenters. The zero-order valence-corrected chi connectivity index (χ0v) is 4.73. The lowest BCUT2D eigenvalue weighted by molar-refractivity contribution is -0.135. The highest BCUT2D eigenvalue weighted by molar-refractivity contribution is 5.85. The van der Waals surface area contributed by atoms with E-state index in [4.69, 9.17) is 0 Å². The van der Waals surface area contributed by atoms with Gasteiger partial charge < -0.3 is 4.74 Å². The second-order valence-corrected chi connectivity index (χ2v) is 1.78. The first-order valence-electron chi connectivity index (χ1n) is 2.44. The number of halogens is 3. The minimum Gasteiger partial charge on any atom is -0.458 e. The highest BCUT2D eigenvalue weighted by Crippen LogP contribution is 2.28. The summed E-state index contributed by atoms with van der Waals surface area (Å²) in [5.41, 5.74) is -0.919. The summed E-state index contributed by atoms with van der Waals surface area (Å²) < 4.78 is 38.9. The molecule has 1 rings (SSSR count). The van der Waals surface area contributed by atoms with E-state index >= 15 is 0 Å². The molecule has 0 fully saturated rings. The number of hydrogen-bond donors (Lipinski definition) is 0. The molecule has 0 aliphatic carbocycles. The summed E-state index contributed by atoms with van der Waals surface area (Å²) in [7, 11) is 0. The lowest BCUT2D eigenvalue weighted by Gasteiger charge is -2.03. The first-order chi connectivity index (χ1) is 4.50. The minimum atomic E-state index is -4.42. The molecule has 0 saturated heterocycles. The van der Waals surface area contributed by atoms with Crippen molar-refractivity contribution in [1.29, 1.82) is 0 Å². The molecule has 56 valence electrons. The average molecular weight is 152 g/mol. The van der Waals surface area contributed by atoms with E-state index in [9.17, 15) is 18.0 Å². The summed E-state index contributed by atoms with van der Waals surface area (Å²) in [6, 6.07) is 0. The summed E-state index contributed by atoms with van der Waals surface area (Å²) >= 11 is 0. The topological polar surface area (TPSA) is 26.3 Å². The SMILES string of the molecule is O=C1C=C(C(F)(F)F)CO1. The molecule has 0 unspecified atom stereocenters. The monoisotopic (exact) mass is 152 g/mol. The lowest BCUT2D eigenvalue weighted by Crippen LogP contribution is -2.12. The molecule has 1 aliphatic heterocycles. The third-order valence-corrected chi connectivity index (χ3v) is 1.03. The van der Waals surface area contributed by atoms with E-state index in [0.717, 1.165) is 0 Å². The van der Waals surface area contributed by atoms with E-state index in [1.165, 1.54) is 0 Å². The van der Waals surface area contributed by atoms with Crippen molar-refractivity contribution in [3.63, 3.8) is 0 Å². The average Bonchev–Trinajstić information content (AvgIpc) is 2.11. The summed E-state index contributed by atoms with van der Waals surface area (Å²) in [5.74, 6) is -0.924. The molecular weight excluding hydrogens is 149 g/mol. The maximum atomic E-state index is 11.6. The third-order valence-electron chi connectivity index (χ3n) is 1.03. The van der Waals surface area contributed by atoms with Gasteiger partial charge in [0.15, 0.2) is 0 Å². The Hall–Kier alpha value is -1.00. The van der Waals surface area contributed by atoms with E-state index in [2.05, 4.69) is 4.74 Å². The van der Waals surface area contributed by atoms with Crippen LogP contribution in [0.3, 0.4) is 0 Å². The molecule has 0 aromatic heterocycles. The minimum absolute atomic E-state index is 0.458. The van der Waals surface area contributed by atoms with Gasteiger partial charge in [0.2, 0.25) is 0 Å². The van der Waals surface area contributed by atoms with Gasteiger partial charge in [-0.05, 0) is 0 Å². The molecule has 0 spiro atoms. The maximum absolute atomic E-state index is 11.6. The van der Waals surface area contributed by atoms with Gasteiger partial charge in [-0.3, -0.25) is 0 Å². The van der Waals surface area contributed by atoms with Crippen LogP contribution in [0.4, 0.5) is 13.2 Å². The number of alkyl halides is 3. The Morgan fingerprint density at radius 1 is 1.50 bits per heavy atom. The summed E-state index contributed by atoms with van der Waals surface area (Å²) in [6.07, 6.45) is -3.97. The molecular formula is C5H3F3O2. The van der Waals surface area contributed by atoms with Crippen LogP contribution in [0.1, 0.15) is 0 Å². The van der Waals surface area contributed by atoms with Crippen LogP contribution in [0.5, 0.6) is 0 Å². The fraction of sp³-hybridized carbons (Fsp3) is 0.400. The van der Waals surface area contributed by atoms with Crippen molar-refractivity contribution in [1.82, 2.24) is 0 Å². The van der Waals surface area contributed by atoms with Gasteiger partial charge in [0, 0.05) is 6.08 Å². The third kappa shape index (κ3) is 1.29. The molecule has 0 aromatic carbocycles. The van der Waals surface area contributed by atoms with Crippen molar-refractivity contribution < 1.29 is 22.7 Å². The van der Waals surface area contributed by atoms with Crippen LogP contribution in [-0.4, -0.2) is 18.8 Å². The van der Waals surface area contributed by atoms with Gasteiger partial charge in [0.1, 0.15) is 6.61 Å². The van der Waals surface area contributed by atoms with Crippen molar-refractivity contribution in [2.75, 3.05) is 6.61 Å². The van der Waals surface area contributed by atoms with Gasteiger partial charge >= 0.3 is 12.1 Å². The Labute approximate surface area is 54.3 Å². The summed E-state index contributed by atoms with van der Waals surface area (Å²) in [6.45, 7) is -0.650. The Balaban J connectivity index is 2.76. The first kappa shape index (κ1) is 7.11. The Bertz CT molecular complexity index is 192. The molecule has 5 heteroatoms. The maximum Gasteiger partial charge on any atom is 0.416 e. The number of carbonyl (C=O) groups excluding carboxylic acids is 1. The number of ether oxygens (including phenoxy) is 1. The number of esters is 1. The number of rotatable bonds is 0. The van der Waals surface area contributed by atoms with Crippen molar-refractivity contribution >= 4 is 5.97 Å². The molecule has 1 aliphatic rings. The smallest absolute Gasteiger partial charge is 0.416 e. The Morgan fingerprint density at radius 3 is 2.30 bits per heavy atom. The lowest BCUT2D eigenvalue weighted by atomic mass is 10.3. The van der Waals surface area contributed by atoms with Crippen LogP contribution in [0, 0.1) is 0 Å². The molecule has 0 saturated carbocycles. The van der Waals surface area contributed by atoms with E-state index in [1.54, 1.807) is 0 Å². The predicted molar refractivity (Wildman–Crippen MR) is 25.1 cm³/mol. The number of carbonyl (C=O) groups is 1. The fourth-order valence-electron chi connectivity index (χ4n) is 0.538. The number of cyclic esters (lactones) is 1.